The first-order valence-corrected chi connectivity index (χ1v) is 8.02. The van der Waals surface area contributed by atoms with E-state index in [-0.39, 0.29) is 16.7 Å². The largest absolute Gasteiger partial charge is 0.446 e. The molecule has 1 aliphatic carbocycles. The van der Waals surface area contributed by atoms with Gasteiger partial charge < -0.3 is 10.1 Å². The van der Waals surface area contributed by atoms with Gasteiger partial charge in [-0.1, -0.05) is 12.1 Å². The van der Waals surface area contributed by atoms with Gasteiger partial charge in [0.15, 0.2) is 0 Å². The highest BCUT2D eigenvalue weighted by Gasteiger charge is 2.40. The van der Waals surface area contributed by atoms with E-state index in [0.717, 1.165) is 18.6 Å². The molecule has 2 unspecified atom stereocenters. The molecule has 2 aliphatic rings. The van der Waals surface area contributed by atoms with Gasteiger partial charge in [0.2, 0.25) is 0 Å². The zero-order valence-corrected chi connectivity index (χ0v) is 12.3. The van der Waals surface area contributed by atoms with Crippen LogP contribution in [-0.4, -0.2) is 24.3 Å². The molecule has 6 heteroatoms. The third kappa shape index (κ3) is 4.37. The third-order valence-corrected chi connectivity index (χ3v) is 4.69. The summed E-state index contributed by atoms with van der Waals surface area (Å²) in [5.41, 5.74) is -3.22. The van der Waals surface area contributed by atoms with Gasteiger partial charge in [0.05, 0.1) is 6.10 Å². The third-order valence-electron chi connectivity index (χ3n) is 3.95. The molecule has 0 aromatic heterocycles. The highest BCUT2D eigenvalue weighted by molar-refractivity contribution is 8.00. The maximum Gasteiger partial charge on any atom is 0.446 e. The van der Waals surface area contributed by atoms with E-state index < -0.39 is 5.51 Å². The molecule has 0 bridgehead atoms. The number of thioether (sulfide) groups is 1. The summed E-state index contributed by atoms with van der Waals surface area (Å²) in [7, 11) is 0. The van der Waals surface area contributed by atoms with Crippen molar-refractivity contribution >= 4 is 11.8 Å². The summed E-state index contributed by atoms with van der Waals surface area (Å²) < 4.78 is 42.5. The van der Waals surface area contributed by atoms with Crippen LogP contribution >= 0.6 is 11.8 Å². The Labute approximate surface area is 126 Å². The Kier molecular flexibility index (Phi) is 4.47. The predicted octanol–water partition coefficient (Wildman–Crippen LogP) is 3.96. The number of halogens is 3. The lowest BCUT2D eigenvalue weighted by Crippen LogP contribution is -2.37. The summed E-state index contributed by atoms with van der Waals surface area (Å²) >= 11 is -0.0750. The van der Waals surface area contributed by atoms with Gasteiger partial charge in [-0.2, -0.15) is 13.2 Å². The average molecular weight is 317 g/mol. The molecule has 2 atom stereocenters. The van der Waals surface area contributed by atoms with Crippen LogP contribution < -0.4 is 5.32 Å². The van der Waals surface area contributed by atoms with Gasteiger partial charge in [-0.15, -0.1) is 0 Å². The van der Waals surface area contributed by atoms with E-state index in [1.54, 1.807) is 12.1 Å². The van der Waals surface area contributed by atoms with Crippen molar-refractivity contribution in [3.63, 3.8) is 0 Å². The fourth-order valence-corrected chi connectivity index (χ4v) is 3.32. The van der Waals surface area contributed by atoms with Crippen LogP contribution in [0.4, 0.5) is 13.2 Å². The minimum absolute atomic E-state index is 0.0750. The van der Waals surface area contributed by atoms with Gasteiger partial charge in [0.25, 0.3) is 0 Å². The molecule has 1 aromatic carbocycles. The van der Waals surface area contributed by atoms with E-state index in [4.69, 9.17) is 4.74 Å². The molecule has 1 aliphatic heterocycles. The van der Waals surface area contributed by atoms with Crippen LogP contribution in [0, 0.1) is 5.92 Å². The molecule has 3 rings (SSSR count). The molecular weight excluding hydrogens is 299 g/mol. The Morgan fingerprint density at radius 1 is 1.14 bits per heavy atom. The van der Waals surface area contributed by atoms with Crippen LogP contribution in [0.3, 0.4) is 0 Å². The molecule has 2 fully saturated rings. The zero-order valence-electron chi connectivity index (χ0n) is 11.5. The molecule has 116 valence electrons. The first kappa shape index (κ1) is 15.2. The smallest absolute Gasteiger partial charge is 0.376 e. The summed E-state index contributed by atoms with van der Waals surface area (Å²) in [6.45, 7) is 1.48. The lowest BCUT2D eigenvalue weighted by atomic mass is 10.1. The molecule has 1 saturated heterocycles. The van der Waals surface area contributed by atoms with Crippen molar-refractivity contribution in [3.8, 4) is 0 Å². The van der Waals surface area contributed by atoms with Crippen LogP contribution in [-0.2, 0) is 11.3 Å². The number of ether oxygens (including phenoxy) is 1. The van der Waals surface area contributed by atoms with Crippen LogP contribution in [0.15, 0.2) is 29.2 Å². The van der Waals surface area contributed by atoms with E-state index in [9.17, 15) is 13.2 Å². The number of hydrogen-bond acceptors (Lipinski definition) is 3. The second-order valence-electron chi connectivity index (χ2n) is 5.64. The van der Waals surface area contributed by atoms with Crippen molar-refractivity contribution in [2.75, 3.05) is 6.61 Å². The van der Waals surface area contributed by atoms with Gasteiger partial charge in [0, 0.05) is 24.1 Å². The van der Waals surface area contributed by atoms with Crippen molar-refractivity contribution in [2.24, 2.45) is 5.92 Å². The molecule has 1 aromatic rings. The Balaban J connectivity index is 1.51. The molecule has 0 amide bonds. The molecule has 0 spiro atoms. The maximum atomic E-state index is 12.3. The van der Waals surface area contributed by atoms with Crippen molar-refractivity contribution < 1.29 is 17.9 Å². The highest BCUT2D eigenvalue weighted by atomic mass is 32.2. The van der Waals surface area contributed by atoms with E-state index >= 15 is 0 Å². The summed E-state index contributed by atoms with van der Waals surface area (Å²) in [6, 6.07) is 6.94. The first-order chi connectivity index (χ1) is 10.0. The Morgan fingerprint density at radius 2 is 1.86 bits per heavy atom. The monoisotopic (exact) mass is 317 g/mol. The average Bonchev–Trinajstić information content (AvgIpc) is 3.15. The predicted molar refractivity (Wildman–Crippen MR) is 76.1 cm³/mol. The van der Waals surface area contributed by atoms with E-state index in [1.165, 1.54) is 25.0 Å². The van der Waals surface area contributed by atoms with Gasteiger partial charge in [-0.05, 0) is 54.6 Å². The summed E-state index contributed by atoms with van der Waals surface area (Å²) in [5, 5.41) is 3.48. The number of hydrogen-bond donors (Lipinski definition) is 1. The Hall–Kier alpha value is -0.720. The minimum Gasteiger partial charge on any atom is -0.376 e. The Morgan fingerprint density at radius 3 is 2.48 bits per heavy atom. The van der Waals surface area contributed by atoms with Crippen LogP contribution in [0.25, 0.3) is 0 Å². The summed E-state index contributed by atoms with van der Waals surface area (Å²) in [4.78, 5) is 0.228. The van der Waals surface area contributed by atoms with Crippen molar-refractivity contribution in [2.45, 2.75) is 48.4 Å². The zero-order chi connectivity index (χ0) is 14.9. The first-order valence-electron chi connectivity index (χ1n) is 7.21. The van der Waals surface area contributed by atoms with Gasteiger partial charge in [0.1, 0.15) is 0 Å². The van der Waals surface area contributed by atoms with E-state index in [1.807, 2.05) is 0 Å². The van der Waals surface area contributed by atoms with Crippen molar-refractivity contribution in [3.05, 3.63) is 29.8 Å². The van der Waals surface area contributed by atoms with Gasteiger partial charge >= 0.3 is 5.51 Å². The van der Waals surface area contributed by atoms with Crippen LogP contribution in [0.1, 0.15) is 24.8 Å². The summed E-state index contributed by atoms with van der Waals surface area (Å²) in [6.07, 6.45) is 3.85. The van der Waals surface area contributed by atoms with Crippen LogP contribution in [0.5, 0.6) is 0 Å². The SMILES string of the molecule is FC(F)(F)Sc1ccc(CNC2CCOC2C2CC2)cc1. The molecular formula is C15H18F3NOS. The van der Waals surface area contributed by atoms with Gasteiger partial charge in [-0.3, -0.25) is 0 Å². The number of alkyl halides is 3. The second-order valence-corrected chi connectivity index (χ2v) is 6.78. The number of rotatable bonds is 5. The molecule has 21 heavy (non-hydrogen) atoms. The Bertz CT molecular complexity index is 473. The normalized spacial score (nSPS) is 26.2. The second kappa shape index (κ2) is 6.18. The molecule has 1 N–H and O–H groups in total. The summed E-state index contributed by atoms with van der Waals surface area (Å²) in [5.74, 6) is 0.704. The lowest BCUT2D eigenvalue weighted by molar-refractivity contribution is -0.0328. The quantitative estimate of drug-likeness (QED) is 0.831. The molecule has 1 heterocycles. The molecule has 1 saturated carbocycles. The van der Waals surface area contributed by atoms with E-state index in [2.05, 4.69) is 5.32 Å². The number of benzene rings is 1. The topological polar surface area (TPSA) is 21.3 Å². The number of nitrogens with one attached hydrogen (secondary N) is 1. The fraction of sp³-hybridized carbons (Fsp3) is 0.600. The molecule has 2 nitrogen and oxygen atoms in total. The maximum absolute atomic E-state index is 12.3. The van der Waals surface area contributed by atoms with Crippen molar-refractivity contribution in [1.82, 2.24) is 5.32 Å². The minimum atomic E-state index is -4.22. The lowest BCUT2D eigenvalue weighted by Gasteiger charge is -2.19. The van der Waals surface area contributed by atoms with E-state index in [0.29, 0.717) is 24.6 Å². The molecule has 0 radical (unpaired) electrons. The standard InChI is InChI=1S/C15H18F3NOS/c16-15(17,18)21-12-5-1-10(2-6-12)9-19-13-7-8-20-14(13)11-3-4-11/h1-2,5-6,11,13-14,19H,3-4,7-9H2. The van der Waals surface area contributed by atoms with Crippen molar-refractivity contribution in [1.29, 1.82) is 0 Å². The highest BCUT2D eigenvalue weighted by Crippen LogP contribution is 2.39. The fourth-order valence-electron chi connectivity index (χ4n) is 2.78. The van der Waals surface area contributed by atoms with Gasteiger partial charge in [-0.25, -0.2) is 0 Å². The van der Waals surface area contributed by atoms with Crippen LogP contribution in [0.2, 0.25) is 0 Å².